The number of hydrazone groups is 1. The Labute approximate surface area is 214 Å². The van der Waals surface area contributed by atoms with Gasteiger partial charge in [-0.25, -0.2) is 5.43 Å². The van der Waals surface area contributed by atoms with E-state index < -0.39 is 0 Å². The zero-order valence-electron chi connectivity index (χ0n) is 19.8. The molecule has 0 bridgehead atoms. The van der Waals surface area contributed by atoms with Crippen molar-refractivity contribution in [2.24, 2.45) is 5.10 Å². The van der Waals surface area contributed by atoms with Crippen molar-refractivity contribution in [1.82, 2.24) is 20.2 Å². The Morgan fingerprint density at radius 2 is 1.69 bits per heavy atom. The van der Waals surface area contributed by atoms with Crippen molar-refractivity contribution < 1.29 is 4.79 Å². The molecule has 1 heterocycles. The fraction of sp³-hybridized carbons (Fsp3) is 0.185. The van der Waals surface area contributed by atoms with Crippen LogP contribution in [0.25, 0.3) is 17.1 Å². The Bertz CT molecular complexity index is 1310. The van der Waals surface area contributed by atoms with Crippen molar-refractivity contribution in [3.63, 3.8) is 0 Å². The molecule has 0 spiro atoms. The molecule has 4 aromatic rings. The van der Waals surface area contributed by atoms with Gasteiger partial charge in [-0.3, -0.25) is 9.36 Å². The summed E-state index contributed by atoms with van der Waals surface area (Å²) in [5, 5.41) is 14.1. The third-order valence-corrected chi connectivity index (χ3v) is 6.44. The topological polar surface area (TPSA) is 72.2 Å². The average Bonchev–Trinajstić information content (AvgIpc) is 3.27. The Kier molecular flexibility index (Phi) is 7.68. The standard InChI is InChI=1S/C27H26ClN5OS/c1-27(2,3)21-11-9-19(10-12-21)17-29-30-24(34)18-35-26-32-31-25(20-7-5-4-6-8-20)33(26)23-15-13-22(28)14-16-23/h4-17H,18H2,1-3H3,(H,30,34). The van der Waals surface area contributed by atoms with Gasteiger partial charge in [0.15, 0.2) is 11.0 Å². The molecule has 3 aromatic carbocycles. The molecule has 0 aliphatic heterocycles. The van der Waals surface area contributed by atoms with E-state index in [0.717, 1.165) is 16.8 Å². The van der Waals surface area contributed by atoms with Crippen LogP contribution in [-0.4, -0.2) is 32.6 Å². The number of nitrogens with one attached hydrogen (secondary N) is 1. The summed E-state index contributed by atoms with van der Waals surface area (Å²) in [6.45, 7) is 6.51. The summed E-state index contributed by atoms with van der Waals surface area (Å²) in [6, 6.07) is 25.4. The SMILES string of the molecule is CC(C)(C)c1ccc(C=NNC(=O)CSc2nnc(-c3ccccc3)n2-c2ccc(Cl)cc2)cc1. The molecule has 178 valence electrons. The second-order valence-electron chi connectivity index (χ2n) is 8.94. The smallest absolute Gasteiger partial charge is 0.250 e. The number of halogens is 1. The first-order chi connectivity index (χ1) is 16.8. The minimum absolute atomic E-state index is 0.0913. The van der Waals surface area contributed by atoms with Crippen LogP contribution in [0.2, 0.25) is 5.02 Å². The van der Waals surface area contributed by atoms with Gasteiger partial charge < -0.3 is 0 Å². The molecule has 0 fully saturated rings. The number of rotatable bonds is 7. The van der Waals surface area contributed by atoms with E-state index in [1.165, 1.54) is 17.3 Å². The lowest BCUT2D eigenvalue weighted by Gasteiger charge is -2.18. The van der Waals surface area contributed by atoms with Gasteiger partial charge in [-0.1, -0.05) is 98.7 Å². The number of hydrogen-bond donors (Lipinski definition) is 1. The van der Waals surface area contributed by atoms with Crippen molar-refractivity contribution in [3.8, 4) is 17.1 Å². The summed E-state index contributed by atoms with van der Waals surface area (Å²) in [5.41, 5.74) is 6.62. The zero-order valence-corrected chi connectivity index (χ0v) is 21.3. The van der Waals surface area contributed by atoms with Gasteiger partial charge in [-0.15, -0.1) is 10.2 Å². The largest absolute Gasteiger partial charge is 0.272 e. The molecule has 35 heavy (non-hydrogen) atoms. The predicted octanol–water partition coefficient (Wildman–Crippen LogP) is 6.13. The Hall–Kier alpha value is -3.42. The minimum atomic E-state index is -0.232. The number of carbonyl (C=O) groups is 1. The van der Waals surface area contributed by atoms with Crippen LogP contribution in [0, 0.1) is 0 Å². The van der Waals surface area contributed by atoms with Crippen molar-refractivity contribution in [2.45, 2.75) is 31.3 Å². The maximum atomic E-state index is 12.4. The fourth-order valence-corrected chi connectivity index (χ4v) is 4.24. The molecule has 0 saturated heterocycles. The maximum absolute atomic E-state index is 12.4. The summed E-state index contributed by atoms with van der Waals surface area (Å²) in [6.07, 6.45) is 1.64. The number of thioether (sulfide) groups is 1. The van der Waals surface area contributed by atoms with Gasteiger partial charge in [0, 0.05) is 16.3 Å². The molecular weight excluding hydrogens is 478 g/mol. The summed E-state index contributed by atoms with van der Waals surface area (Å²) in [4.78, 5) is 12.4. The number of hydrogen-bond acceptors (Lipinski definition) is 5. The van der Waals surface area contributed by atoms with Gasteiger partial charge in [-0.2, -0.15) is 5.10 Å². The van der Waals surface area contributed by atoms with Gasteiger partial charge in [0.05, 0.1) is 12.0 Å². The molecule has 1 N–H and O–H groups in total. The molecule has 0 atom stereocenters. The van der Waals surface area contributed by atoms with E-state index >= 15 is 0 Å². The molecule has 0 unspecified atom stereocenters. The third-order valence-electron chi connectivity index (χ3n) is 5.26. The zero-order chi connectivity index (χ0) is 24.8. The molecule has 0 aliphatic rings. The van der Waals surface area contributed by atoms with Crippen LogP contribution in [0.3, 0.4) is 0 Å². The summed E-state index contributed by atoms with van der Waals surface area (Å²) in [5.74, 6) is 0.595. The van der Waals surface area contributed by atoms with Crippen LogP contribution in [0.5, 0.6) is 0 Å². The van der Waals surface area contributed by atoms with Crippen LogP contribution < -0.4 is 5.43 Å². The van der Waals surface area contributed by atoms with Crippen molar-refractivity contribution in [3.05, 3.63) is 95.0 Å². The van der Waals surface area contributed by atoms with Crippen molar-refractivity contribution in [1.29, 1.82) is 0 Å². The van der Waals surface area contributed by atoms with Crippen LogP contribution in [0.15, 0.2) is 89.1 Å². The number of aromatic nitrogens is 3. The van der Waals surface area contributed by atoms with Crippen molar-refractivity contribution in [2.75, 3.05) is 5.75 Å². The quantitative estimate of drug-likeness (QED) is 0.187. The number of amides is 1. The van der Waals surface area contributed by atoms with Crippen LogP contribution in [0.1, 0.15) is 31.9 Å². The Morgan fingerprint density at radius 1 is 1.00 bits per heavy atom. The first-order valence-corrected chi connectivity index (χ1v) is 12.5. The van der Waals surface area contributed by atoms with Gasteiger partial charge in [0.2, 0.25) is 0 Å². The first-order valence-electron chi connectivity index (χ1n) is 11.1. The molecule has 4 rings (SSSR count). The Balaban J connectivity index is 1.44. The molecule has 0 radical (unpaired) electrons. The molecule has 8 heteroatoms. The number of carbonyl (C=O) groups excluding carboxylic acids is 1. The molecule has 0 saturated carbocycles. The summed E-state index contributed by atoms with van der Waals surface area (Å²) >= 11 is 7.37. The van der Waals surface area contributed by atoms with E-state index in [2.05, 4.69) is 53.6 Å². The van der Waals surface area contributed by atoms with E-state index in [9.17, 15) is 4.79 Å². The van der Waals surface area contributed by atoms with Crippen LogP contribution >= 0.6 is 23.4 Å². The average molecular weight is 504 g/mol. The minimum Gasteiger partial charge on any atom is -0.272 e. The second-order valence-corrected chi connectivity index (χ2v) is 10.3. The molecule has 1 amide bonds. The van der Waals surface area contributed by atoms with Crippen molar-refractivity contribution >= 4 is 35.5 Å². The van der Waals surface area contributed by atoms with E-state index in [1.807, 2.05) is 71.3 Å². The molecule has 0 aliphatic carbocycles. The molecular formula is C27H26ClN5OS. The van der Waals surface area contributed by atoms with Gasteiger partial charge in [-0.05, 0) is 40.8 Å². The highest BCUT2D eigenvalue weighted by Gasteiger charge is 2.17. The lowest BCUT2D eigenvalue weighted by atomic mass is 9.87. The monoisotopic (exact) mass is 503 g/mol. The number of benzene rings is 3. The molecule has 1 aromatic heterocycles. The van der Waals surface area contributed by atoms with E-state index in [-0.39, 0.29) is 17.1 Å². The van der Waals surface area contributed by atoms with Gasteiger partial charge in [0.1, 0.15) is 0 Å². The predicted molar refractivity (Wildman–Crippen MR) is 143 cm³/mol. The van der Waals surface area contributed by atoms with Gasteiger partial charge in [0.25, 0.3) is 5.91 Å². The maximum Gasteiger partial charge on any atom is 0.250 e. The molecule has 6 nitrogen and oxygen atoms in total. The highest BCUT2D eigenvalue weighted by molar-refractivity contribution is 7.99. The van der Waals surface area contributed by atoms with E-state index in [0.29, 0.717) is 16.0 Å². The lowest BCUT2D eigenvalue weighted by Crippen LogP contribution is -2.20. The normalized spacial score (nSPS) is 11.7. The summed E-state index contributed by atoms with van der Waals surface area (Å²) < 4.78 is 1.92. The highest BCUT2D eigenvalue weighted by atomic mass is 35.5. The fourth-order valence-electron chi connectivity index (χ4n) is 3.37. The first kappa shape index (κ1) is 24.7. The second kappa shape index (κ2) is 10.9. The summed E-state index contributed by atoms with van der Waals surface area (Å²) in [7, 11) is 0. The number of nitrogens with zero attached hydrogens (tertiary/aromatic N) is 4. The van der Waals surface area contributed by atoms with E-state index in [4.69, 9.17) is 11.6 Å². The van der Waals surface area contributed by atoms with E-state index in [1.54, 1.807) is 6.21 Å². The Morgan fingerprint density at radius 3 is 2.34 bits per heavy atom. The lowest BCUT2D eigenvalue weighted by molar-refractivity contribution is -0.118. The van der Waals surface area contributed by atoms with Gasteiger partial charge >= 0.3 is 0 Å². The van der Waals surface area contributed by atoms with Crippen LogP contribution in [-0.2, 0) is 10.2 Å². The van der Waals surface area contributed by atoms with Crippen LogP contribution in [0.4, 0.5) is 0 Å². The highest BCUT2D eigenvalue weighted by Crippen LogP contribution is 2.28. The third kappa shape index (κ3) is 6.38.